The Balaban J connectivity index is 2.12. The maximum absolute atomic E-state index is 11.7. The number of thiophene rings is 1. The van der Waals surface area contributed by atoms with E-state index >= 15 is 0 Å². The van der Waals surface area contributed by atoms with Crippen LogP contribution >= 0.6 is 11.3 Å². The molecule has 3 N–H and O–H groups in total. The zero-order valence-electron chi connectivity index (χ0n) is 11.5. The summed E-state index contributed by atoms with van der Waals surface area (Å²) < 4.78 is 9.55. The second-order valence-corrected chi connectivity index (χ2v) is 5.08. The van der Waals surface area contributed by atoms with Crippen molar-refractivity contribution in [3.8, 4) is 6.07 Å². The van der Waals surface area contributed by atoms with E-state index < -0.39 is 5.97 Å². The minimum absolute atomic E-state index is 0.132. The smallest absolute Gasteiger partial charge is 0.343 e. The fraction of sp³-hybridized carbons (Fsp3) is 0.333. The van der Waals surface area contributed by atoms with Crippen molar-refractivity contribution in [2.75, 3.05) is 24.7 Å². The second-order valence-electron chi connectivity index (χ2n) is 4.06. The highest BCUT2D eigenvalue weighted by molar-refractivity contribution is 7.17. The fourth-order valence-corrected chi connectivity index (χ4v) is 2.62. The molecule has 9 heteroatoms. The number of methoxy groups -OCH3 is 1. The first kappa shape index (κ1) is 14.8. The largest absolute Gasteiger partial charge is 0.465 e. The number of carbonyl (C=O) groups is 1. The number of anilines is 2. The van der Waals surface area contributed by atoms with Gasteiger partial charge in [0.15, 0.2) is 5.82 Å². The van der Waals surface area contributed by atoms with Gasteiger partial charge in [-0.15, -0.1) is 11.3 Å². The number of esters is 1. The molecular weight excluding hydrogens is 294 g/mol. The number of hydrogen-bond donors (Lipinski definition) is 2. The van der Waals surface area contributed by atoms with E-state index in [4.69, 9.17) is 15.5 Å². The van der Waals surface area contributed by atoms with E-state index in [1.165, 1.54) is 7.11 Å². The number of nitrogens with one attached hydrogen (secondary N) is 1. The first-order valence-corrected chi connectivity index (χ1v) is 6.82. The van der Waals surface area contributed by atoms with Crippen LogP contribution < -0.4 is 11.1 Å². The van der Waals surface area contributed by atoms with Crippen molar-refractivity contribution >= 4 is 28.0 Å². The topological polar surface area (TPSA) is 127 Å². The third kappa shape index (κ3) is 3.11. The number of aromatic nitrogens is 2. The molecule has 0 saturated heterocycles. The van der Waals surface area contributed by atoms with Gasteiger partial charge in [-0.25, -0.2) is 4.79 Å². The minimum Gasteiger partial charge on any atom is -0.465 e. The van der Waals surface area contributed by atoms with Crippen LogP contribution in [0.15, 0.2) is 4.52 Å². The van der Waals surface area contributed by atoms with E-state index in [0.717, 1.165) is 11.3 Å². The van der Waals surface area contributed by atoms with Gasteiger partial charge in [-0.2, -0.15) is 10.2 Å². The van der Waals surface area contributed by atoms with Crippen LogP contribution in [-0.2, 0) is 11.2 Å². The van der Waals surface area contributed by atoms with Crippen molar-refractivity contribution in [2.45, 2.75) is 13.3 Å². The summed E-state index contributed by atoms with van der Waals surface area (Å²) in [6.07, 6.45) is 0.512. The molecule has 0 unspecified atom stereocenters. The number of rotatable bonds is 5. The van der Waals surface area contributed by atoms with E-state index in [0.29, 0.717) is 29.7 Å². The molecule has 21 heavy (non-hydrogen) atoms. The molecule has 0 atom stereocenters. The van der Waals surface area contributed by atoms with Crippen molar-refractivity contribution < 1.29 is 14.1 Å². The zero-order valence-corrected chi connectivity index (χ0v) is 12.3. The quantitative estimate of drug-likeness (QED) is 0.792. The predicted octanol–water partition coefficient (Wildman–Crippen LogP) is 1.33. The van der Waals surface area contributed by atoms with Crippen LogP contribution in [0.4, 0.5) is 10.7 Å². The molecule has 8 nitrogen and oxygen atoms in total. The first-order valence-electron chi connectivity index (χ1n) is 6.00. The van der Waals surface area contributed by atoms with Crippen LogP contribution in [-0.4, -0.2) is 29.8 Å². The Kier molecular flexibility index (Phi) is 4.39. The fourth-order valence-electron chi connectivity index (χ4n) is 1.69. The lowest BCUT2D eigenvalue weighted by molar-refractivity contribution is 0.0603. The van der Waals surface area contributed by atoms with Crippen LogP contribution in [0.2, 0.25) is 0 Å². The summed E-state index contributed by atoms with van der Waals surface area (Å²) in [6.45, 7) is 2.17. The van der Waals surface area contributed by atoms with Crippen molar-refractivity contribution in [3.05, 3.63) is 22.2 Å². The molecule has 0 bridgehead atoms. The van der Waals surface area contributed by atoms with Crippen molar-refractivity contribution in [1.29, 1.82) is 5.26 Å². The molecule has 110 valence electrons. The lowest BCUT2D eigenvalue weighted by Gasteiger charge is -2.05. The van der Waals surface area contributed by atoms with E-state index in [9.17, 15) is 4.79 Å². The van der Waals surface area contributed by atoms with Gasteiger partial charge in [0.05, 0.1) is 12.8 Å². The van der Waals surface area contributed by atoms with Gasteiger partial charge >= 0.3 is 5.97 Å². The molecule has 0 radical (unpaired) electrons. The van der Waals surface area contributed by atoms with Gasteiger partial charge in [0.2, 0.25) is 5.89 Å². The van der Waals surface area contributed by atoms with Crippen LogP contribution in [0.25, 0.3) is 0 Å². The molecule has 0 aliphatic rings. The molecule has 2 rings (SSSR count). The summed E-state index contributed by atoms with van der Waals surface area (Å²) in [4.78, 5) is 16.1. The summed E-state index contributed by atoms with van der Waals surface area (Å²) in [5, 5.41) is 16.3. The zero-order chi connectivity index (χ0) is 15.4. The summed E-state index contributed by atoms with van der Waals surface area (Å²) in [6, 6.07) is 1.95. The molecule has 0 aliphatic carbocycles. The number of carbonyl (C=O) groups excluding carboxylic acids is 1. The van der Waals surface area contributed by atoms with E-state index in [1.807, 2.05) is 6.07 Å². The minimum atomic E-state index is -0.580. The van der Waals surface area contributed by atoms with Crippen LogP contribution in [0.5, 0.6) is 0 Å². The van der Waals surface area contributed by atoms with Crippen LogP contribution in [0.1, 0.15) is 27.0 Å². The Hall–Kier alpha value is -2.60. The van der Waals surface area contributed by atoms with Gasteiger partial charge in [0.1, 0.15) is 21.5 Å². The summed E-state index contributed by atoms with van der Waals surface area (Å²) in [5.74, 6) is 0.472. The van der Waals surface area contributed by atoms with Crippen LogP contribution in [0.3, 0.4) is 0 Å². The molecule has 2 heterocycles. The van der Waals surface area contributed by atoms with Gasteiger partial charge in [-0.1, -0.05) is 5.16 Å². The molecule has 2 aromatic heterocycles. The van der Waals surface area contributed by atoms with Crippen molar-refractivity contribution in [1.82, 2.24) is 10.1 Å². The summed E-state index contributed by atoms with van der Waals surface area (Å²) >= 11 is 1.11. The molecule has 0 amide bonds. The van der Waals surface area contributed by atoms with Crippen LogP contribution in [0, 0.1) is 18.3 Å². The highest BCUT2D eigenvalue weighted by Gasteiger charge is 2.22. The molecular formula is C12H13N5O3S. The first-order chi connectivity index (χ1) is 10.1. The Morgan fingerprint density at radius 3 is 2.95 bits per heavy atom. The SMILES string of the molecule is COC(=O)c1c(NCCc2noc(C)n2)sc(C#N)c1N. The summed E-state index contributed by atoms with van der Waals surface area (Å²) in [7, 11) is 1.26. The van der Waals surface area contributed by atoms with Crippen molar-refractivity contribution in [2.24, 2.45) is 0 Å². The molecule has 0 saturated carbocycles. The lowest BCUT2D eigenvalue weighted by atomic mass is 10.2. The average molecular weight is 307 g/mol. The predicted molar refractivity (Wildman–Crippen MR) is 76.0 cm³/mol. The molecule has 0 aliphatic heterocycles. The number of nitriles is 1. The average Bonchev–Trinajstić information content (AvgIpc) is 3.02. The molecule has 0 aromatic carbocycles. The third-order valence-electron chi connectivity index (χ3n) is 2.64. The van der Waals surface area contributed by atoms with Gasteiger partial charge in [-0.3, -0.25) is 0 Å². The number of nitrogens with two attached hydrogens (primary N) is 1. The van der Waals surface area contributed by atoms with Gasteiger partial charge in [-0.05, 0) is 0 Å². The Morgan fingerprint density at radius 2 is 2.38 bits per heavy atom. The van der Waals surface area contributed by atoms with Gasteiger partial charge < -0.3 is 20.3 Å². The Labute approximate surface area is 124 Å². The molecule has 0 spiro atoms. The number of aryl methyl sites for hydroxylation is 1. The number of nitrogen functional groups attached to an aromatic ring is 1. The van der Waals surface area contributed by atoms with Gasteiger partial charge in [0, 0.05) is 19.9 Å². The third-order valence-corrected chi connectivity index (χ3v) is 3.71. The maximum Gasteiger partial charge on any atom is 0.343 e. The maximum atomic E-state index is 11.7. The standard InChI is InChI=1S/C12H13N5O3S/c1-6-16-8(17-20-6)3-4-15-11-9(12(18)19-2)10(14)7(5-13)21-11/h15H,3-4,14H2,1-2H3. The monoisotopic (exact) mass is 307 g/mol. The van der Waals surface area contributed by atoms with Crippen molar-refractivity contribution in [3.63, 3.8) is 0 Å². The highest BCUT2D eigenvalue weighted by Crippen LogP contribution is 2.35. The number of ether oxygens (including phenoxy) is 1. The van der Waals surface area contributed by atoms with E-state index in [-0.39, 0.29) is 16.1 Å². The lowest BCUT2D eigenvalue weighted by Crippen LogP contribution is -2.10. The van der Waals surface area contributed by atoms with E-state index in [1.54, 1.807) is 6.92 Å². The normalized spacial score (nSPS) is 10.1. The Morgan fingerprint density at radius 1 is 1.62 bits per heavy atom. The Bertz CT molecular complexity index is 700. The number of nitrogens with zero attached hydrogens (tertiary/aromatic N) is 3. The van der Waals surface area contributed by atoms with Gasteiger partial charge in [0.25, 0.3) is 0 Å². The molecule has 0 fully saturated rings. The highest BCUT2D eigenvalue weighted by atomic mass is 32.1. The number of hydrogen-bond acceptors (Lipinski definition) is 9. The van der Waals surface area contributed by atoms with E-state index in [2.05, 4.69) is 20.2 Å². The second kappa shape index (κ2) is 6.23. The molecule has 2 aromatic rings. The summed E-state index contributed by atoms with van der Waals surface area (Å²) in [5.41, 5.74) is 6.10.